The highest BCUT2D eigenvalue weighted by atomic mass is 16.5. The number of para-hydroxylation sites is 1. The average molecular weight is 223 g/mol. The van der Waals surface area contributed by atoms with Crippen LogP contribution in [0.3, 0.4) is 0 Å². The first-order valence-corrected chi connectivity index (χ1v) is 5.13. The van der Waals surface area contributed by atoms with Crippen LogP contribution in [0.5, 0.6) is 0 Å². The van der Waals surface area contributed by atoms with Gasteiger partial charge in [0.2, 0.25) is 0 Å². The average Bonchev–Trinajstić information content (AvgIpc) is 2.30. The first kappa shape index (κ1) is 12.5. The van der Waals surface area contributed by atoms with E-state index >= 15 is 0 Å². The van der Waals surface area contributed by atoms with E-state index in [1.54, 1.807) is 0 Å². The number of aliphatic hydroxyl groups excluding tert-OH is 1. The van der Waals surface area contributed by atoms with Crippen molar-refractivity contribution < 1.29 is 9.84 Å². The topological polar surface area (TPSA) is 79.9 Å². The molecule has 0 bridgehead atoms. The molecule has 0 saturated carbocycles. The van der Waals surface area contributed by atoms with Gasteiger partial charge in [0.15, 0.2) is 5.96 Å². The third kappa shape index (κ3) is 5.33. The fraction of sp³-hybridized carbons (Fsp3) is 0.364. The second kappa shape index (κ2) is 7.67. The summed E-state index contributed by atoms with van der Waals surface area (Å²) in [6.07, 6.45) is 0. The Balaban J connectivity index is 2.24. The smallest absolute Gasteiger partial charge is 0.193 e. The van der Waals surface area contributed by atoms with E-state index in [0.717, 1.165) is 5.69 Å². The third-order valence-electron chi connectivity index (χ3n) is 1.80. The van der Waals surface area contributed by atoms with Gasteiger partial charge >= 0.3 is 0 Å². The number of aliphatic hydroxyl groups is 1. The number of hydrogen-bond donors (Lipinski definition) is 3. The van der Waals surface area contributed by atoms with Crippen molar-refractivity contribution in [3.8, 4) is 0 Å². The van der Waals surface area contributed by atoms with E-state index in [-0.39, 0.29) is 6.61 Å². The Hall–Kier alpha value is -1.59. The second-order valence-electron chi connectivity index (χ2n) is 3.09. The van der Waals surface area contributed by atoms with Crippen molar-refractivity contribution in [3.63, 3.8) is 0 Å². The van der Waals surface area contributed by atoms with Gasteiger partial charge in [-0.1, -0.05) is 18.2 Å². The van der Waals surface area contributed by atoms with Gasteiger partial charge in [0.25, 0.3) is 0 Å². The summed E-state index contributed by atoms with van der Waals surface area (Å²) in [5.41, 5.74) is 6.56. The molecule has 0 radical (unpaired) electrons. The van der Waals surface area contributed by atoms with Crippen molar-refractivity contribution in [2.24, 2.45) is 10.7 Å². The van der Waals surface area contributed by atoms with Crippen molar-refractivity contribution in [1.29, 1.82) is 0 Å². The Labute approximate surface area is 94.9 Å². The van der Waals surface area contributed by atoms with Gasteiger partial charge in [-0.05, 0) is 12.1 Å². The fourth-order valence-electron chi connectivity index (χ4n) is 1.11. The number of ether oxygens (including phenoxy) is 1. The molecule has 1 aromatic carbocycles. The van der Waals surface area contributed by atoms with Crippen molar-refractivity contribution >= 4 is 11.6 Å². The Morgan fingerprint density at radius 3 is 2.75 bits per heavy atom. The monoisotopic (exact) mass is 223 g/mol. The minimum atomic E-state index is 0.0292. The van der Waals surface area contributed by atoms with E-state index in [2.05, 4.69) is 10.3 Å². The van der Waals surface area contributed by atoms with Crippen molar-refractivity contribution in [1.82, 2.24) is 0 Å². The van der Waals surface area contributed by atoms with Crippen molar-refractivity contribution in [2.45, 2.75) is 0 Å². The van der Waals surface area contributed by atoms with Gasteiger partial charge in [-0.25, -0.2) is 0 Å². The zero-order valence-corrected chi connectivity index (χ0v) is 9.10. The number of guanidine groups is 1. The van der Waals surface area contributed by atoms with Crippen LogP contribution in [0.4, 0.5) is 5.69 Å². The lowest BCUT2D eigenvalue weighted by Crippen LogP contribution is -2.23. The third-order valence-corrected chi connectivity index (χ3v) is 1.80. The zero-order valence-electron chi connectivity index (χ0n) is 9.10. The number of nitrogens with two attached hydrogens (primary N) is 1. The molecule has 0 atom stereocenters. The van der Waals surface area contributed by atoms with Crippen molar-refractivity contribution in [2.75, 3.05) is 31.7 Å². The van der Waals surface area contributed by atoms with Gasteiger partial charge in [0, 0.05) is 5.69 Å². The molecule has 1 rings (SSSR count). The highest BCUT2D eigenvalue weighted by molar-refractivity contribution is 5.92. The van der Waals surface area contributed by atoms with Crippen LogP contribution >= 0.6 is 0 Å². The van der Waals surface area contributed by atoms with E-state index in [0.29, 0.717) is 25.7 Å². The van der Waals surface area contributed by atoms with Gasteiger partial charge in [-0.3, -0.25) is 4.99 Å². The van der Waals surface area contributed by atoms with Crippen LogP contribution in [-0.2, 0) is 4.74 Å². The predicted octanol–water partition coefficient (Wildman–Crippen LogP) is 0.422. The molecule has 0 unspecified atom stereocenters. The van der Waals surface area contributed by atoms with E-state index < -0.39 is 0 Å². The molecule has 0 aliphatic heterocycles. The second-order valence-corrected chi connectivity index (χ2v) is 3.09. The normalized spacial score (nSPS) is 11.4. The lowest BCUT2D eigenvalue weighted by molar-refractivity contribution is 0.0978. The molecule has 0 heterocycles. The molecule has 5 heteroatoms. The summed E-state index contributed by atoms with van der Waals surface area (Å²) in [7, 11) is 0. The lowest BCUT2D eigenvalue weighted by Gasteiger charge is -2.05. The molecule has 0 fully saturated rings. The summed E-state index contributed by atoms with van der Waals surface area (Å²) in [5.74, 6) is 0.360. The number of benzene rings is 1. The van der Waals surface area contributed by atoms with Crippen LogP contribution in [0.25, 0.3) is 0 Å². The van der Waals surface area contributed by atoms with Crippen LogP contribution in [0.2, 0.25) is 0 Å². The highest BCUT2D eigenvalue weighted by Gasteiger charge is 1.92. The number of aliphatic imine (C=N–C) groups is 1. The molecule has 5 nitrogen and oxygen atoms in total. The maximum Gasteiger partial charge on any atom is 0.193 e. The molecule has 4 N–H and O–H groups in total. The summed E-state index contributed by atoms with van der Waals surface area (Å²) in [4.78, 5) is 4.07. The molecule has 0 aliphatic carbocycles. The minimum Gasteiger partial charge on any atom is -0.394 e. The number of rotatable bonds is 6. The Morgan fingerprint density at radius 2 is 2.06 bits per heavy atom. The molecule has 0 saturated heterocycles. The largest absolute Gasteiger partial charge is 0.394 e. The maximum atomic E-state index is 8.47. The summed E-state index contributed by atoms with van der Waals surface area (Å²) < 4.78 is 5.04. The first-order valence-electron chi connectivity index (χ1n) is 5.13. The lowest BCUT2D eigenvalue weighted by atomic mass is 10.3. The molecule has 88 valence electrons. The van der Waals surface area contributed by atoms with E-state index in [1.165, 1.54) is 0 Å². The van der Waals surface area contributed by atoms with Crippen molar-refractivity contribution in [3.05, 3.63) is 30.3 Å². The SMILES string of the molecule is NC(=NCCOCCO)Nc1ccccc1. The summed E-state index contributed by atoms with van der Waals surface area (Å²) >= 11 is 0. The van der Waals surface area contributed by atoms with E-state index in [4.69, 9.17) is 15.6 Å². The van der Waals surface area contributed by atoms with Crippen LogP contribution in [-0.4, -0.2) is 37.4 Å². The molecule has 16 heavy (non-hydrogen) atoms. The van der Waals surface area contributed by atoms with Gasteiger partial charge in [-0.15, -0.1) is 0 Å². The Bertz CT molecular complexity index is 314. The summed E-state index contributed by atoms with van der Waals surface area (Å²) in [6, 6.07) is 9.58. The molecule has 1 aromatic rings. The van der Waals surface area contributed by atoms with Crippen LogP contribution in [0.1, 0.15) is 0 Å². The molecule has 0 amide bonds. The highest BCUT2D eigenvalue weighted by Crippen LogP contribution is 2.03. The number of nitrogens with one attached hydrogen (secondary N) is 1. The predicted molar refractivity (Wildman–Crippen MR) is 64.5 cm³/mol. The molecular weight excluding hydrogens is 206 g/mol. The molecule has 0 spiro atoms. The number of nitrogens with zero attached hydrogens (tertiary/aromatic N) is 1. The fourth-order valence-corrected chi connectivity index (χ4v) is 1.11. The molecule has 0 aliphatic rings. The number of anilines is 1. The number of hydrogen-bond acceptors (Lipinski definition) is 3. The quantitative estimate of drug-likeness (QED) is 0.371. The van der Waals surface area contributed by atoms with Crippen LogP contribution < -0.4 is 11.1 Å². The molecule has 0 aromatic heterocycles. The zero-order chi connectivity index (χ0) is 11.6. The van der Waals surface area contributed by atoms with Crippen LogP contribution in [0.15, 0.2) is 35.3 Å². The van der Waals surface area contributed by atoms with Crippen LogP contribution in [0, 0.1) is 0 Å². The Morgan fingerprint density at radius 1 is 1.31 bits per heavy atom. The van der Waals surface area contributed by atoms with Gasteiger partial charge in [0.05, 0.1) is 26.4 Å². The first-order chi connectivity index (χ1) is 7.83. The van der Waals surface area contributed by atoms with Gasteiger partial charge in [0.1, 0.15) is 0 Å². The van der Waals surface area contributed by atoms with E-state index in [1.807, 2.05) is 30.3 Å². The van der Waals surface area contributed by atoms with E-state index in [9.17, 15) is 0 Å². The minimum absolute atomic E-state index is 0.0292. The molecular formula is C11H17N3O2. The standard InChI is InChI=1S/C11H17N3O2/c12-11(13-6-8-16-9-7-15)14-10-4-2-1-3-5-10/h1-5,15H,6-9H2,(H3,12,13,14). The van der Waals surface area contributed by atoms with Gasteiger partial charge < -0.3 is 20.9 Å². The van der Waals surface area contributed by atoms with Gasteiger partial charge in [-0.2, -0.15) is 0 Å². The summed E-state index contributed by atoms with van der Waals surface area (Å²) in [6.45, 7) is 1.30. The Kier molecular flexibility index (Phi) is 5.98. The maximum absolute atomic E-state index is 8.47. The summed E-state index contributed by atoms with van der Waals surface area (Å²) in [5, 5.41) is 11.4.